The molecule has 114 valence electrons. The van der Waals surface area contributed by atoms with Crippen molar-refractivity contribution in [1.29, 1.82) is 0 Å². The molecular weight excluding hydrogens is 294 g/mol. The highest BCUT2D eigenvalue weighted by Gasteiger charge is 2.50. The van der Waals surface area contributed by atoms with Crippen molar-refractivity contribution in [3.05, 3.63) is 35.4 Å². The Kier molecular flexibility index (Phi) is 4.56. The summed E-state index contributed by atoms with van der Waals surface area (Å²) in [5, 5.41) is 2.76. The minimum atomic E-state index is -0.748. The Hall–Kier alpha value is -1.56. The predicted octanol–water partition coefficient (Wildman–Crippen LogP) is 2.33. The summed E-state index contributed by atoms with van der Waals surface area (Å²) >= 11 is 5.01. The monoisotopic (exact) mass is 312 g/mol. The van der Waals surface area contributed by atoms with Crippen LogP contribution in [0.2, 0.25) is 0 Å². The van der Waals surface area contributed by atoms with E-state index in [1.807, 2.05) is 6.92 Å². The number of carbonyl (C=O) groups excluding carboxylic acids is 1. The summed E-state index contributed by atoms with van der Waals surface area (Å²) in [4.78, 5) is 12.4. The molecule has 3 nitrogen and oxygen atoms in total. The summed E-state index contributed by atoms with van der Waals surface area (Å²) in [5.41, 5.74) is 5.44. The molecule has 1 amide bonds. The molecule has 0 unspecified atom stereocenters. The lowest BCUT2D eigenvalue weighted by Crippen LogP contribution is -2.56. The molecule has 1 aromatic rings. The quantitative estimate of drug-likeness (QED) is 0.821. The molecule has 1 fully saturated rings. The first kappa shape index (κ1) is 15.8. The highest BCUT2D eigenvalue weighted by molar-refractivity contribution is 7.80. The minimum Gasteiger partial charge on any atom is -0.392 e. The molecule has 1 aliphatic rings. The summed E-state index contributed by atoms with van der Waals surface area (Å²) in [6.45, 7) is 2.33. The van der Waals surface area contributed by atoms with Gasteiger partial charge in [-0.15, -0.1) is 0 Å². The van der Waals surface area contributed by atoms with Crippen LogP contribution >= 0.6 is 12.2 Å². The van der Waals surface area contributed by atoms with Crippen LogP contribution in [0.3, 0.4) is 0 Å². The van der Waals surface area contributed by atoms with Crippen LogP contribution in [0, 0.1) is 23.0 Å². The van der Waals surface area contributed by atoms with Gasteiger partial charge in [0.25, 0.3) is 0 Å². The van der Waals surface area contributed by atoms with Crippen molar-refractivity contribution < 1.29 is 13.6 Å². The van der Waals surface area contributed by atoms with Gasteiger partial charge in [-0.2, -0.15) is 0 Å². The van der Waals surface area contributed by atoms with E-state index in [9.17, 15) is 13.6 Å². The Bertz CT molecular complexity index is 551. The summed E-state index contributed by atoms with van der Waals surface area (Å²) in [6.07, 6.45) is 1.66. The molecule has 6 heteroatoms. The second-order valence-electron chi connectivity index (χ2n) is 5.74. The van der Waals surface area contributed by atoms with Crippen LogP contribution in [-0.4, -0.2) is 17.4 Å². The van der Waals surface area contributed by atoms with E-state index >= 15 is 0 Å². The summed E-state index contributed by atoms with van der Waals surface area (Å²) in [5.74, 6) is -1.01. The van der Waals surface area contributed by atoms with E-state index in [4.69, 9.17) is 18.0 Å². The van der Waals surface area contributed by atoms with Crippen molar-refractivity contribution in [1.82, 2.24) is 5.32 Å². The number of hydrogen-bond donors (Lipinski definition) is 2. The largest absolute Gasteiger partial charge is 0.392 e. The maximum absolute atomic E-state index is 13.1. The fraction of sp³-hybridized carbons (Fsp3) is 0.467. The van der Waals surface area contributed by atoms with Gasteiger partial charge in [0.2, 0.25) is 5.91 Å². The van der Waals surface area contributed by atoms with Gasteiger partial charge in [-0.05, 0) is 42.9 Å². The molecule has 1 aliphatic carbocycles. The molecule has 0 bridgehead atoms. The third kappa shape index (κ3) is 3.37. The number of rotatable bonds is 5. The highest BCUT2D eigenvalue weighted by Crippen LogP contribution is 2.45. The van der Waals surface area contributed by atoms with Gasteiger partial charge in [0.1, 0.15) is 11.6 Å². The van der Waals surface area contributed by atoms with Gasteiger partial charge in [-0.25, -0.2) is 8.78 Å². The number of nitrogens with two attached hydrogens (primary N) is 1. The molecule has 0 heterocycles. The normalized spacial score (nSPS) is 24.2. The van der Waals surface area contributed by atoms with Gasteiger partial charge in [0, 0.05) is 12.6 Å². The van der Waals surface area contributed by atoms with Gasteiger partial charge in [0.05, 0.1) is 10.4 Å². The summed E-state index contributed by atoms with van der Waals surface area (Å²) < 4.78 is 26.1. The molecule has 1 aromatic carbocycles. The first-order chi connectivity index (χ1) is 9.83. The third-order valence-corrected chi connectivity index (χ3v) is 4.31. The Morgan fingerprint density at radius 1 is 1.38 bits per heavy atom. The van der Waals surface area contributed by atoms with E-state index in [2.05, 4.69) is 5.32 Å². The van der Waals surface area contributed by atoms with E-state index in [-0.39, 0.29) is 10.9 Å². The Balaban J connectivity index is 1.91. The van der Waals surface area contributed by atoms with Crippen molar-refractivity contribution in [2.75, 3.05) is 6.54 Å². The average molecular weight is 312 g/mol. The van der Waals surface area contributed by atoms with Crippen LogP contribution in [0.4, 0.5) is 8.78 Å². The smallest absolute Gasteiger partial charge is 0.233 e. The molecule has 0 radical (unpaired) electrons. The van der Waals surface area contributed by atoms with E-state index in [0.29, 0.717) is 37.3 Å². The van der Waals surface area contributed by atoms with Crippen molar-refractivity contribution in [2.45, 2.75) is 26.2 Å². The highest BCUT2D eigenvalue weighted by atomic mass is 32.1. The fourth-order valence-electron chi connectivity index (χ4n) is 2.87. The van der Waals surface area contributed by atoms with Crippen molar-refractivity contribution in [2.24, 2.45) is 17.1 Å². The van der Waals surface area contributed by atoms with Gasteiger partial charge < -0.3 is 11.1 Å². The molecule has 2 rings (SSSR count). The molecule has 0 atom stereocenters. The average Bonchev–Trinajstić information content (AvgIpc) is 2.32. The summed E-state index contributed by atoms with van der Waals surface area (Å²) in [6, 6.07) is 3.33. The van der Waals surface area contributed by atoms with E-state index in [0.717, 1.165) is 6.07 Å². The van der Waals surface area contributed by atoms with Gasteiger partial charge in [-0.1, -0.05) is 19.1 Å². The third-order valence-electron chi connectivity index (χ3n) is 3.92. The molecule has 21 heavy (non-hydrogen) atoms. The topological polar surface area (TPSA) is 55.1 Å². The molecule has 0 saturated heterocycles. The molecule has 0 aromatic heterocycles. The lowest BCUT2D eigenvalue weighted by Gasteiger charge is -2.44. The van der Waals surface area contributed by atoms with Crippen LogP contribution in [0.5, 0.6) is 0 Å². The van der Waals surface area contributed by atoms with Gasteiger partial charge >= 0.3 is 0 Å². The molecule has 3 N–H and O–H groups in total. The van der Waals surface area contributed by atoms with Gasteiger partial charge in [-0.3, -0.25) is 4.79 Å². The Morgan fingerprint density at radius 3 is 2.43 bits per heavy atom. The fourth-order valence-corrected chi connectivity index (χ4v) is 3.13. The van der Waals surface area contributed by atoms with Crippen molar-refractivity contribution in [3.8, 4) is 0 Å². The number of nitrogens with one attached hydrogen (secondary N) is 1. The van der Waals surface area contributed by atoms with E-state index in [1.54, 1.807) is 0 Å². The second-order valence-corrected chi connectivity index (χ2v) is 6.18. The second kappa shape index (κ2) is 6.05. The zero-order valence-corrected chi connectivity index (χ0v) is 12.6. The van der Waals surface area contributed by atoms with Crippen LogP contribution in [0.15, 0.2) is 18.2 Å². The van der Waals surface area contributed by atoms with Crippen LogP contribution in [-0.2, 0) is 11.2 Å². The summed E-state index contributed by atoms with van der Waals surface area (Å²) in [7, 11) is 0. The van der Waals surface area contributed by atoms with Crippen LogP contribution in [0.25, 0.3) is 0 Å². The number of halogens is 2. The molecule has 0 spiro atoms. The van der Waals surface area contributed by atoms with Crippen molar-refractivity contribution >= 4 is 23.1 Å². The Labute approximate surface area is 127 Å². The SMILES string of the molecule is CC1CC(C(=O)NCCc2cc(F)cc(F)c2)(C(N)=S)C1. The lowest BCUT2D eigenvalue weighted by atomic mass is 9.62. The van der Waals surface area contributed by atoms with Crippen LogP contribution in [0.1, 0.15) is 25.3 Å². The predicted molar refractivity (Wildman–Crippen MR) is 80.7 cm³/mol. The van der Waals surface area contributed by atoms with Crippen LogP contribution < -0.4 is 11.1 Å². The maximum Gasteiger partial charge on any atom is 0.233 e. The van der Waals surface area contributed by atoms with Gasteiger partial charge in [0.15, 0.2) is 0 Å². The molecular formula is C15H18F2N2OS. The first-order valence-electron chi connectivity index (χ1n) is 6.86. The van der Waals surface area contributed by atoms with E-state index < -0.39 is 17.0 Å². The number of amides is 1. The van der Waals surface area contributed by atoms with Crippen molar-refractivity contribution in [3.63, 3.8) is 0 Å². The maximum atomic E-state index is 13.1. The number of benzene rings is 1. The first-order valence-corrected chi connectivity index (χ1v) is 7.27. The zero-order chi connectivity index (χ0) is 15.6. The molecule has 0 aliphatic heterocycles. The standard InChI is InChI=1S/C15H18F2N2OS/c1-9-7-15(8-9,13(18)21)14(20)19-3-2-10-4-11(16)6-12(17)5-10/h4-6,9H,2-3,7-8H2,1H3,(H2,18,21)(H,19,20). The molecule has 1 saturated carbocycles. The number of thiocarbonyl (C=S) groups is 1. The lowest BCUT2D eigenvalue weighted by molar-refractivity contribution is -0.132. The Morgan fingerprint density at radius 2 is 1.95 bits per heavy atom. The number of carbonyl (C=O) groups is 1. The van der Waals surface area contributed by atoms with E-state index in [1.165, 1.54) is 12.1 Å². The zero-order valence-electron chi connectivity index (χ0n) is 11.8. The number of hydrogen-bond acceptors (Lipinski definition) is 2. The minimum absolute atomic E-state index is 0.190.